The Morgan fingerprint density at radius 2 is 1.87 bits per heavy atom. The van der Waals surface area contributed by atoms with Gasteiger partial charge in [-0.2, -0.15) is 10.3 Å². The summed E-state index contributed by atoms with van der Waals surface area (Å²) in [4.78, 5) is 15.8. The molecule has 0 aliphatic carbocycles. The molecule has 6 heteroatoms. The lowest BCUT2D eigenvalue weighted by molar-refractivity contribution is 0.0526. The Bertz CT molecular complexity index is 719. The van der Waals surface area contributed by atoms with Crippen molar-refractivity contribution in [2.45, 2.75) is 6.92 Å². The minimum Gasteiger partial charge on any atom is -0.462 e. The van der Waals surface area contributed by atoms with E-state index in [1.807, 2.05) is 18.2 Å². The Kier molecular flexibility index (Phi) is 5.72. The number of benzene rings is 2. The van der Waals surface area contributed by atoms with Crippen molar-refractivity contribution in [1.29, 1.82) is 5.26 Å². The molecule has 2 aromatic rings. The van der Waals surface area contributed by atoms with Crippen molar-refractivity contribution in [3.8, 4) is 11.9 Å². The number of ether oxygens (including phenoxy) is 2. The summed E-state index contributed by atoms with van der Waals surface area (Å²) < 4.78 is 10.4. The lowest BCUT2D eigenvalue weighted by atomic mass is 10.2. The maximum Gasteiger partial charge on any atom is 0.338 e. The van der Waals surface area contributed by atoms with Gasteiger partial charge in [0, 0.05) is 0 Å². The molecular weight excluding hydrogens is 294 g/mol. The number of rotatable bonds is 4. The summed E-state index contributed by atoms with van der Waals surface area (Å²) in [5.74, 6) is 0.163. The minimum atomic E-state index is -0.390. The first-order valence-electron chi connectivity index (χ1n) is 6.97. The van der Waals surface area contributed by atoms with Crippen molar-refractivity contribution in [3.05, 3.63) is 60.2 Å². The van der Waals surface area contributed by atoms with Gasteiger partial charge in [0.15, 0.2) is 6.19 Å². The summed E-state index contributed by atoms with van der Waals surface area (Å²) in [5, 5.41) is 11.2. The van der Waals surface area contributed by atoms with Gasteiger partial charge in [0.25, 0.3) is 0 Å². The summed E-state index contributed by atoms with van der Waals surface area (Å²) >= 11 is 0. The summed E-state index contributed by atoms with van der Waals surface area (Å²) in [6.07, 6.45) is 1.77. The number of carbonyl (C=O) groups excluding carboxylic acids is 1. The molecule has 23 heavy (non-hydrogen) atoms. The number of nitrogens with zero attached hydrogens (tertiary/aromatic N) is 2. The van der Waals surface area contributed by atoms with Crippen molar-refractivity contribution in [1.82, 2.24) is 5.32 Å². The van der Waals surface area contributed by atoms with Gasteiger partial charge in [-0.1, -0.05) is 18.2 Å². The molecule has 2 rings (SSSR count). The molecule has 2 aromatic carbocycles. The van der Waals surface area contributed by atoms with E-state index in [1.54, 1.807) is 49.5 Å². The van der Waals surface area contributed by atoms with Crippen LogP contribution in [0.5, 0.6) is 5.75 Å². The monoisotopic (exact) mass is 309 g/mol. The molecule has 0 unspecified atom stereocenters. The van der Waals surface area contributed by atoms with Crippen LogP contribution in [0.15, 0.2) is 59.6 Å². The van der Waals surface area contributed by atoms with Crippen molar-refractivity contribution < 1.29 is 14.3 Å². The lowest BCUT2D eigenvalue weighted by Gasteiger charge is -2.06. The Hall–Kier alpha value is -3.33. The van der Waals surface area contributed by atoms with E-state index >= 15 is 0 Å². The third-order valence-corrected chi connectivity index (χ3v) is 2.73. The van der Waals surface area contributed by atoms with E-state index in [-0.39, 0.29) is 12.0 Å². The van der Waals surface area contributed by atoms with Gasteiger partial charge in [0.2, 0.25) is 0 Å². The molecule has 6 nitrogen and oxygen atoms in total. The highest BCUT2D eigenvalue weighted by atomic mass is 16.5. The first kappa shape index (κ1) is 16.0. The molecule has 0 fully saturated rings. The van der Waals surface area contributed by atoms with E-state index in [0.29, 0.717) is 23.6 Å². The van der Waals surface area contributed by atoms with Gasteiger partial charge in [-0.3, -0.25) is 0 Å². The third-order valence-electron chi connectivity index (χ3n) is 2.73. The molecule has 0 aromatic heterocycles. The second-order valence-electron chi connectivity index (χ2n) is 4.34. The van der Waals surface area contributed by atoms with E-state index in [0.717, 1.165) is 0 Å². The SMILES string of the molecule is CCOC(=O)c1ccc(N=C(NC#N)Oc2ccccc2)cc1. The quantitative estimate of drug-likeness (QED) is 0.308. The van der Waals surface area contributed by atoms with Gasteiger partial charge in [-0.15, -0.1) is 0 Å². The smallest absolute Gasteiger partial charge is 0.338 e. The maximum atomic E-state index is 11.6. The standard InChI is InChI=1S/C17H15N3O3/c1-2-22-16(21)13-8-10-14(11-9-13)20-17(19-12-18)23-15-6-4-3-5-7-15/h3-11H,2H2,1H3,(H,19,20). The van der Waals surface area contributed by atoms with Crippen molar-refractivity contribution >= 4 is 17.7 Å². The molecule has 0 amide bonds. The second-order valence-corrected chi connectivity index (χ2v) is 4.34. The van der Waals surface area contributed by atoms with Crippen LogP contribution in [0.3, 0.4) is 0 Å². The molecule has 0 aliphatic rings. The fraction of sp³-hybridized carbons (Fsp3) is 0.118. The zero-order chi connectivity index (χ0) is 16.5. The predicted molar refractivity (Wildman–Crippen MR) is 85.3 cm³/mol. The van der Waals surface area contributed by atoms with Gasteiger partial charge >= 0.3 is 12.0 Å². The topological polar surface area (TPSA) is 83.7 Å². The zero-order valence-electron chi connectivity index (χ0n) is 12.5. The Morgan fingerprint density at radius 3 is 2.48 bits per heavy atom. The number of hydrogen-bond acceptors (Lipinski definition) is 5. The predicted octanol–water partition coefficient (Wildman–Crippen LogP) is 3.00. The number of nitrogens with one attached hydrogen (secondary N) is 1. The number of aliphatic imine (C=N–C) groups is 1. The van der Waals surface area contributed by atoms with Crippen LogP contribution < -0.4 is 10.1 Å². The average molecular weight is 309 g/mol. The first-order chi connectivity index (χ1) is 11.2. The van der Waals surface area contributed by atoms with Crippen LogP contribution in [0.25, 0.3) is 0 Å². The summed E-state index contributed by atoms with van der Waals surface area (Å²) in [5.41, 5.74) is 0.969. The molecule has 0 bridgehead atoms. The van der Waals surface area contributed by atoms with Gasteiger partial charge in [0.05, 0.1) is 17.9 Å². The average Bonchev–Trinajstić information content (AvgIpc) is 2.57. The van der Waals surface area contributed by atoms with Crippen molar-refractivity contribution in [2.75, 3.05) is 6.61 Å². The van der Waals surface area contributed by atoms with E-state index in [4.69, 9.17) is 14.7 Å². The van der Waals surface area contributed by atoms with Crippen LogP contribution in [-0.4, -0.2) is 18.6 Å². The van der Waals surface area contributed by atoms with E-state index in [1.165, 1.54) is 0 Å². The van der Waals surface area contributed by atoms with Gasteiger partial charge in [0.1, 0.15) is 5.75 Å². The second kappa shape index (κ2) is 8.20. The number of esters is 1. The van der Waals surface area contributed by atoms with Gasteiger partial charge in [-0.25, -0.2) is 10.1 Å². The zero-order valence-corrected chi connectivity index (χ0v) is 12.5. The number of para-hydroxylation sites is 1. The van der Waals surface area contributed by atoms with Crippen LogP contribution >= 0.6 is 0 Å². The molecule has 0 saturated heterocycles. The van der Waals surface area contributed by atoms with Crippen LogP contribution in [0.1, 0.15) is 17.3 Å². The van der Waals surface area contributed by atoms with Crippen LogP contribution in [0.4, 0.5) is 5.69 Å². The van der Waals surface area contributed by atoms with Crippen LogP contribution in [0.2, 0.25) is 0 Å². The molecule has 0 atom stereocenters. The lowest BCUT2D eigenvalue weighted by Crippen LogP contribution is -2.23. The van der Waals surface area contributed by atoms with E-state index in [2.05, 4.69) is 10.3 Å². The Labute approximate surface area is 134 Å². The van der Waals surface area contributed by atoms with Crippen LogP contribution in [-0.2, 0) is 4.74 Å². The molecule has 0 saturated carbocycles. The number of carbonyl (C=O) groups is 1. The molecular formula is C17H15N3O3. The molecule has 0 spiro atoms. The summed E-state index contributed by atoms with van der Waals surface area (Å²) in [6.45, 7) is 2.07. The highest BCUT2D eigenvalue weighted by Crippen LogP contribution is 2.15. The Morgan fingerprint density at radius 1 is 1.17 bits per heavy atom. The van der Waals surface area contributed by atoms with Crippen molar-refractivity contribution in [3.63, 3.8) is 0 Å². The Balaban J connectivity index is 2.16. The van der Waals surface area contributed by atoms with Gasteiger partial charge < -0.3 is 9.47 Å². The van der Waals surface area contributed by atoms with E-state index < -0.39 is 0 Å². The largest absolute Gasteiger partial charge is 0.462 e. The number of nitriles is 1. The minimum absolute atomic E-state index is 0.0441. The summed E-state index contributed by atoms with van der Waals surface area (Å²) in [7, 11) is 0. The van der Waals surface area contributed by atoms with Gasteiger partial charge in [-0.05, 0) is 43.3 Å². The highest BCUT2D eigenvalue weighted by molar-refractivity contribution is 5.90. The molecule has 1 N–H and O–H groups in total. The normalized spacial score (nSPS) is 10.5. The molecule has 116 valence electrons. The number of hydrogen-bond donors (Lipinski definition) is 1. The van der Waals surface area contributed by atoms with Crippen molar-refractivity contribution in [2.24, 2.45) is 4.99 Å². The first-order valence-corrected chi connectivity index (χ1v) is 6.97. The highest BCUT2D eigenvalue weighted by Gasteiger charge is 2.06. The van der Waals surface area contributed by atoms with Crippen LogP contribution in [0, 0.1) is 11.5 Å². The number of amidine groups is 1. The summed E-state index contributed by atoms with van der Waals surface area (Å²) in [6, 6.07) is 15.5. The fourth-order valence-electron chi connectivity index (χ4n) is 1.73. The molecule has 0 heterocycles. The fourth-order valence-corrected chi connectivity index (χ4v) is 1.73. The van der Waals surface area contributed by atoms with E-state index in [9.17, 15) is 4.79 Å². The molecule has 0 radical (unpaired) electrons. The molecule has 0 aliphatic heterocycles. The maximum absolute atomic E-state index is 11.6. The third kappa shape index (κ3) is 4.86.